The van der Waals surface area contributed by atoms with E-state index in [1.165, 1.54) is 0 Å². The van der Waals surface area contributed by atoms with Crippen molar-refractivity contribution in [2.75, 3.05) is 40.6 Å². The number of anilines is 6. The summed E-state index contributed by atoms with van der Waals surface area (Å²) in [6.07, 6.45) is 1.49. The van der Waals surface area contributed by atoms with Gasteiger partial charge in [-0.05, 0) is 30.7 Å². The first-order valence-corrected chi connectivity index (χ1v) is 9.62. The number of hydrogen-bond acceptors (Lipinski definition) is 7. The van der Waals surface area contributed by atoms with Gasteiger partial charge in [0.2, 0.25) is 0 Å². The number of unbranched alkanes of at least 4 members (excludes halogenated alkanes) is 1. The molecular formula is C16H30N6NaO3P. The van der Waals surface area contributed by atoms with Gasteiger partial charge in [0.25, 0.3) is 0 Å². The van der Waals surface area contributed by atoms with Crippen LogP contribution >= 0.6 is 7.60 Å². The molecule has 148 valence electrons. The molecule has 9 nitrogen and oxygen atoms in total. The molecule has 2 rings (SSSR count). The molecule has 0 aliphatic rings. The predicted octanol–water partition coefficient (Wildman–Crippen LogP) is 1.18. The Morgan fingerprint density at radius 2 is 1.07 bits per heavy atom. The Morgan fingerprint density at radius 1 is 0.778 bits per heavy atom. The summed E-state index contributed by atoms with van der Waals surface area (Å²) in [5.74, 6) is 0. The van der Waals surface area contributed by atoms with Gasteiger partial charge in [-0.15, -0.1) is 0 Å². The molecule has 0 saturated heterocycles. The van der Waals surface area contributed by atoms with Crippen LogP contribution in [-0.4, -0.2) is 45.5 Å². The number of hydrogen-bond donors (Lipinski definition) is 8. The van der Waals surface area contributed by atoms with E-state index in [4.69, 9.17) is 44.2 Å². The SMILES string of the molecule is CCCCP(=O)(O)O.Nc1cccc(N)c1N.Nc1cccc(N)c1N.[NaH]. The van der Waals surface area contributed by atoms with Crippen molar-refractivity contribution in [3.05, 3.63) is 36.4 Å². The molecule has 2 aromatic rings. The molecule has 0 heterocycles. The van der Waals surface area contributed by atoms with Gasteiger partial charge in [0.15, 0.2) is 0 Å². The molecule has 2 aromatic carbocycles. The second-order valence-corrected chi connectivity index (χ2v) is 7.22. The molecule has 0 aromatic heterocycles. The van der Waals surface area contributed by atoms with Crippen molar-refractivity contribution >= 4 is 71.3 Å². The van der Waals surface area contributed by atoms with Gasteiger partial charge in [-0.25, -0.2) is 0 Å². The van der Waals surface area contributed by atoms with Crippen molar-refractivity contribution in [3.8, 4) is 0 Å². The van der Waals surface area contributed by atoms with Crippen LogP contribution in [0.25, 0.3) is 0 Å². The topological polar surface area (TPSA) is 214 Å². The summed E-state index contributed by atoms with van der Waals surface area (Å²) in [6, 6.07) is 10.4. The van der Waals surface area contributed by atoms with Crippen LogP contribution in [0, 0.1) is 0 Å². The van der Waals surface area contributed by atoms with Gasteiger partial charge in [0, 0.05) is 6.16 Å². The van der Waals surface area contributed by atoms with Gasteiger partial charge >= 0.3 is 37.2 Å². The second-order valence-electron chi connectivity index (χ2n) is 5.44. The first kappa shape index (κ1) is 27.6. The van der Waals surface area contributed by atoms with Gasteiger partial charge < -0.3 is 44.2 Å². The fourth-order valence-corrected chi connectivity index (χ4v) is 2.30. The predicted molar refractivity (Wildman–Crippen MR) is 118 cm³/mol. The molecule has 0 spiro atoms. The summed E-state index contributed by atoms with van der Waals surface area (Å²) < 4.78 is 10.1. The molecule has 0 amide bonds. The zero-order chi connectivity index (χ0) is 20.3. The Balaban J connectivity index is 0. The van der Waals surface area contributed by atoms with E-state index in [2.05, 4.69) is 0 Å². The van der Waals surface area contributed by atoms with E-state index in [0.29, 0.717) is 40.5 Å². The Hall–Kier alpha value is -1.61. The third kappa shape index (κ3) is 12.4. The van der Waals surface area contributed by atoms with E-state index in [0.717, 1.165) is 6.42 Å². The first-order chi connectivity index (χ1) is 12.0. The van der Waals surface area contributed by atoms with Gasteiger partial charge in [0.05, 0.1) is 34.1 Å². The Bertz CT molecular complexity index is 652. The summed E-state index contributed by atoms with van der Waals surface area (Å²) >= 11 is 0. The standard InChI is InChI=1S/2C6H9N3.C4H11O3P.Na.H/c2*7-4-2-1-3-5(8)6(4)9;1-2-3-4-8(5,6)7;;/h2*1-3H,7-9H2;2-4H2,1H3,(H2,5,6,7);;. The van der Waals surface area contributed by atoms with E-state index in [-0.39, 0.29) is 35.7 Å². The minimum absolute atomic E-state index is 0. The summed E-state index contributed by atoms with van der Waals surface area (Å²) in [6.45, 7) is 1.90. The van der Waals surface area contributed by atoms with Crippen molar-refractivity contribution in [2.24, 2.45) is 0 Å². The second kappa shape index (κ2) is 13.5. The van der Waals surface area contributed by atoms with Crippen molar-refractivity contribution < 1.29 is 14.4 Å². The fraction of sp³-hybridized carbons (Fsp3) is 0.250. The van der Waals surface area contributed by atoms with Gasteiger partial charge in [-0.1, -0.05) is 25.5 Å². The average molecular weight is 408 g/mol. The van der Waals surface area contributed by atoms with Crippen molar-refractivity contribution in [2.45, 2.75) is 19.8 Å². The van der Waals surface area contributed by atoms with Crippen LogP contribution < -0.4 is 34.4 Å². The van der Waals surface area contributed by atoms with Crippen molar-refractivity contribution in [1.82, 2.24) is 0 Å². The van der Waals surface area contributed by atoms with Gasteiger partial charge in [0.1, 0.15) is 0 Å². The molecule has 0 unspecified atom stereocenters. The van der Waals surface area contributed by atoms with E-state index in [1.54, 1.807) is 36.4 Å². The number of nitrogen functional groups attached to an aromatic ring is 6. The summed E-state index contributed by atoms with van der Waals surface area (Å²) in [4.78, 5) is 16.5. The number of para-hydroxylation sites is 2. The molecule has 14 N–H and O–H groups in total. The maximum atomic E-state index is 10.1. The van der Waals surface area contributed by atoms with Crippen LogP contribution in [0.15, 0.2) is 36.4 Å². The van der Waals surface area contributed by atoms with Crippen LogP contribution in [0.3, 0.4) is 0 Å². The van der Waals surface area contributed by atoms with Crippen LogP contribution in [0.2, 0.25) is 0 Å². The van der Waals surface area contributed by atoms with E-state index >= 15 is 0 Å². The molecule has 0 radical (unpaired) electrons. The van der Waals surface area contributed by atoms with E-state index in [9.17, 15) is 4.57 Å². The van der Waals surface area contributed by atoms with Crippen molar-refractivity contribution in [1.29, 1.82) is 0 Å². The third-order valence-electron chi connectivity index (χ3n) is 3.15. The quantitative estimate of drug-likeness (QED) is 0.207. The average Bonchev–Trinajstić information content (AvgIpc) is 2.56. The number of benzene rings is 2. The zero-order valence-corrected chi connectivity index (χ0v) is 15.7. The van der Waals surface area contributed by atoms with Crippen LogP contribution in [-0.2, 0) is 4.57 Å². The molecule has 11 heteroatoms. The Labute approximate surface area is 181 Å². The molecule has 0 aliphatic carbocycles. The van der Waals surface area contributed by atoms with Crippen LogP contribution in [0.1, 0.15) is 19.8 Å². The molecule has 0 fully saturated rings. The van der Waals surface area contributed by atoms with Gasteiger partial charge in [-0.2, -0.15) is 0 Å². The van der Waals surface area contributed by atoms with Crippen LogP contribution in [0.4, 0.5) is 34.1 Å². The molecule has 0 bridgehead atoms. The molecule has 0 saturated carbocycles. The van der Waals surface area contributed by atoms with Gasteiger partial charge in [-0.3, -0.25) is 4.57 Å². The van der Waals surface area contributed by atoms with E-state index in [1.807, 2.05) is 6.92 Å². The molecule has 0 atom stereocenters. The van der Waals surface area contributed by atoms with Crippen LogP contribution in [0.5, 0.6) is 0 Å². The Kier molecular flexibility index (Phi) is 13.8. The third-order valence-corrected chi connectivity index (χ3v) is 4.05. The number of rotatable bonds is 3. The minimum atomic E-state index is -3.68. The fourth-order valence-electron chi connectivity index (χ4n) is 1.57. The normalized spacial score (nSPS) is 9.74. The zero-order valence-electron chi connectivity index (χ0n) is 14.8. The number of nitrogens with two attached hydrogens (primary N) is 6. The first-order valence-electron chi connectivity index (χ1n) is 7.83. The summed E-state index contributed by atoms with van der Waals surface area (Å²) in [5, 5.41) is 0. The molecule has 27 heavy (non-hydrogen) atoms. The molecule has 0 aliphatic heterocycles. The summed E-state index contributed by atoms with van der Waals surface area (Å²) in [5.41, 5.74) is 35.6. The van der Waals surface area contributed by atoms with Crippen molar-refractivity contribution in [3.63, 3.8) is 0 Å². The maximum absolute atomic E-state index is 10.1. The molecular weight excluding hydrogens is 378 g/mol. The monoisotopic (exact) mass is 408 g/mol. The Morgan fingerprint density at radius 3 is 1.22 bits per heavy atom. The summed E-state index contributed by atoms with van der Waals surface area (Å²) in [7, 11) is -3.68. The van der Waals surface area contributed by atoms with E-state index < -0.39 is 7.60 Å².